The summed E-state index contributed by atoms with van der Waals surface area (Å²) in [7, 11) is 0. The standard InChI is InChI=1S/C14H12N2O2S/c17-14(12-5-3-8-15-12)19-18-10-16-9-7-11-4-1-2-6-13(11)16/h1-9,15H,10H2. The molecular formula is C14H12N2O2S. The molecule has 2 aromatic heterocycles. The molecule has 0 fully saturated rings. The average Bonchev–Trinajstić information content (AvgIpc) is 3.08. The molecule has 0 bridgehead atoms. The number of aromatic nitrogens is 2. The van der Waals surface area contributed by atoms with Crippen molar-refractivity contribution in [1.82, 2.24) is 9.55 Å². The Morgan fingerprint density at radius 2 is 2.11 bits per heavy atom. The van der Waals surface area contributed by atoms with Gasteiger partial charge in [-0.1, -0.05) is 18.2 Å². The van der Waals surface area contributed by atoms with E-state index in [1.54, 1.807) is 18.3 Å². The summed E-state index contributed by atoms with van der Waals surface area (Å²) in [5.41, 5.74) is 1.64. The molecule has 0 saturated heterocycles. The maximum Gasteiger partial charge on any atom is 0.262 e. The largest absolute Gasteiger partial charge is 0.358 e. The highest BCUT2D eigenvalue weighted by molar-refractivity contribution is 8.10. The Balaban J connectivity index is 1.62. The molecule has 0 saturated carbocycles. The fourth-order valence-electron chi connectivity index (χ4n) is 1.89. The summed E-state index contributed by atoms with van der Waals surface area (Å²) in [6.45, 7) is 0.338. The Morgan fingerprint density at radius 1 is 1.21 bits per heavy atom. The summed E-state index contributed by atoms with van der Waals surface area (Å²) < 4.78 is 7.34. The molecule has 3 aromatic rings. The SMILES string of the molecule is O=C(SOCn1ccc2ccccc21)c1ccc[nH]1. The first-order chi connectivity index (χ1) is 9.34. The van der Waals surface area contributed by atoms with Gasteiger partial charge in [0.25, 0.3) is 5.12 Å². The van der Waals surface area contributed by atoms with Gasteiger partial charge in [-0.05, 0) is 29.7 Å². The first-order valence-corrected chi connectivity index (χ1v) is 6.60. The highest BCUT2D eigenvalue weighted by atomic mass is 32.2. The van der Waals surface area contributed by atoms with Gasteiger partial charge in [-0.25, -0.2) is 0 Å². The zero-order chi connectivity index (χ0) is 13.1. The fraction of sp³-hybridized carbons (Fsp3) is 0.0714. The van der Waals surface area contributed by atoms with E-state index in [-0.39, 0.29) is 5.12 Å². The minimum atomic E-state index is -0.124. The summed E-state index contributed by atoms with van der Waals surface area (Å²) in [5, 5.41) is 1.04. The quantitative estimate of drug-likeness (QED) is 0.740. The van der Waals surface area contributed by atoms with Crippen LogP contribution >= 0.6 is 12.0 Å². The van der Waals surface area contributed by atoms with Gasteiger partial charge in [0.05, 0.1) is 23.3 Å². The van der Waals surface area contributed by atoms with Crippen LogP contribution in [0.2, 0.25) is 0 Å². The van der Waals surface area contributed by atoms with Gasteiger partial charge in [-0.2, -0.15) is 0 Å². The van der Waals surface area contributed by atoms with Crippen LogP contribution in [-0.4, -0.2) is 14.7 Å². The zero-order valence-electron chi connectivity index (χ0n) is 10.1. The van der Waals surface area contributed by atoms with Crippen molar-refractivity contribution in [3.05, 3.63) is 60.6 Å². The van der Waals surface area contributed by atoms with Crippen molar-refractivity contribution in [2.45, 2.75) is 6.73 Å². The minimum absolute atomic E-state index is 0.124. The minimum Gasteiger partial charge on any atom is -0.358 e. The van der Waals surface area contributed by atoms with E-state index in [2.05, 4.69) is 4.98 Å². The summed E-state index contributed by atoms with van der Waals surface area (Å²) >= 11 is 0.850. The Hall–Kier alpha value is -1.98. The molecule has 1 N–H and O–H groups in total. The van der Waals surface area contributed by atoms with E-state index in [9.17, 15) is 4.79 Å². The Morgan fingerprint density at radius 3 is 2.95 bits per heavy atom. The van der Waals surface area contributed by atoms with Crippen molar-refractivity contribution >= 4 is 28.1 Å². The lowest BCUT2D eigenvalue weighted by Gasteiger charge is -2.04. The molecule has 3 rings (SSSR count). The molecule has 0 unspecified atom stereocenters. The lowest BCUT2D eigenvalue weighted by Crippen LogP contribution is -2.00. The molecule has 0 spiro atoms. The van der Waals surface area contributed by atoms with Crippen LogP contribution in [0.3, 0.4) is 0 Å². The molecule has 4 nitrogen and oxygen atoms in total. The number of hydrogen-bond acceptors (Lipinski definition) is 3. The lowest BCUT2D eigenvalue weighted by molar-refractivity contribution is 0.107. The molecule has 0 aliphatic heterocycles. The second-order valence-corrected chi connectivity index (χ2v) is 4.82. The van der Waals surface area contributed by atoms with Gasteiger partial charge in [-0.3, -0.25) is 8.98 Å². The van der Waals surface area contributed by atoms with Crippen LogP contribution in [0.25, 0.3) is 10.9 Å². The predicted molar refractivity (Wildman–Crippen MR) is 75.7 cm³/mol. The normalized spacial score (nSPS) is 10.9. The number of nitrogens with zero attached hydrogens (tertiary/aromatic N) is 1. The number of para-hydroxylation sites is 1. The number of carbonyl (C=O) groups excluding carboxylic acids is 1. The molecule has 2 heterocycles. The second kappa shape index (κ2) is 5.34. The van der Waals surface area contributed by atoms with E-state index in [0.29, 0.717) is 12.4 Å². The van der Waals surface area contributed by atoms with E-state index in [1.807, 2.05) is 41.1 Å². The van der Waals surface area contributed by atoms with Crippen LogP contribution in [0.4, 0.5) is 0 Å². The fourth-order valence-corrected chi connectivity index (χ4v) is 2.38. The first-order valence-electron chi connectivity index (χ1n) is 5.85. The smallest absolute Gasteiger partial charge is 0.262 e. The molecule has 0 aliphatic rings. The third-order valence-electron chi connectivity index (χ3n) is 2.82. The molecular weight excluding hydrogens is 260 g/mol. The first kappa shape index (κ1) is 12.1. The molecule has 0 radical (unpaired) electrons. The summed E-state index contributed by atoms with van der Waals surface area (Å²) in [6, 6.07) is 13.6. The summed E-state index contributed by atoms with van der Waals surface area (Å²) in [6.07, 6.45) is 3.66. The van der Waals surface area contributed by atoms with Crippen LogP contribution < -0.4 is 0 Å². The number of benzene rings is 1. The lowest BCUT2D eigenvalue weighted by atomic mass is 10.2. The number of carbonyl (C=O) groups is 1. The molecule has 96 valence electrons. The van der Waals surface area contributed by atoms with Crippen LogP contribution in [0.5, 0.6) is 0 Å². The summed E-state index contributed by atoms with van der Waals surface area (Å²) in [4.78, 5) is 14.5. The topological polar surface area (TPSA) is 47.0 Å². The third kappa shape index (κ3) is 2.57. The van der Waals surface area contributed by atoms with Crippen LogP contribution in [0.15, 0.2) is 54.9 Å². The van der Waals surface area contributed by atoms with Crippen molar-refractivity contribution < 1.29 is 8.98 Å². The maximum absolute atomic E-state index is 11.7. The number of H-pyrrole nitrogens is 1. The van der Waals surface area contributed by atoms with Gasteiger partial charge in [0.1, 0.15) is 6.73 Å². The van der Waals surface area contributed by atoms with Crippen LogP contribution in [-0.2, 0) is 10.9 Å². The highest BCUT2D eigenvalue weighted by Gasteiger charge is 2.08. The van der Waals surface area contributed by atoms with E-state index < -0.39 is 0 Å². The van der Waals surface area contributed by atoms with Crippen LogP contribution in [0, 0.1) is 0 Å². The average molecular weight is 272 g/mol. The van der Waals surface area contributed by atoms with Gasteiger partial charge in [0.15, 0.2) is 0 Å². The number of rotatable bonds is 4. The number of hydrogen-bond donors (Lipinski definition) is 1. The van der Waals surface area contributed by atoms with E-state index in [4.69, 9.17) is 4.18 Å². The number of aromatic amines is 1. The van der Waals surface area contributed by atoms with Gasteiger partial charge in [-0.15, -0.1) is 0 Å². The second-order valence-electron chi connectivity index (χ2n) is 4.05. The van der Waals surface area contributed by atoms with E-state index in [0.717, 1.165) is 22.9 Å². The number of fused-ring (bicyclic) bond motifs is 1. The summed E-state index contributed by atoms with van der Waals surface area (Å²) in [5.74, 6) is 0. The van der Waals surface area contributed by atoms with Gasteiger partial charge < -0.3 is 9.55 Å². The predicted octanol–water partition coefficient (Wildman–Crippen LogP) is 3.43. The van der Waals surface area contributed by atoms with Crippen molar-refractivity contribution in [3.8, 4) is 0 Å². The van der Waals surface area contributed by atoms with Crippen molar-refractivity contribution in [2.24, 2.45) is 0 Å². The van der Waals surface area contributed by atoms with Gasteiger partial charge in [0.2, 0.25) is 0 Å². The van der Waals surface area contributed by atoms with E-state index in [1.165, 1.54) is 0 Å². The van der Waals surface area contributed by atoms with Crippen molar-refractivity contribution in [2.75, 3.05) is 0 Å². The van der Waals surface area contributed by atoms with E-state index >= 15 is 0 Å². The molecule has 19 heavy (non-hydrogen) atoms. The van der Waals surface area contributed by atoms with Crippen molar-refractivity contribution in [1.29, 1.82) is 0 Å². The Labute approximate surface area is 114 Å². The molecule has 0 amide bonds. The molecule has 0 atom stereocenters. The zero-order valence-corrected chi connectivity index (χ0v) is 10.9. The third-order valence-corrected chi connectivity index (χ3v) is 3.42. The van der Waals surface area contributed by atoms with Gasteiger partial charge >= 0.3 is 0 Å². The van der Waals surface area contributed by atoms with Gasteiger partial charge in [0, 0.05) is 12.4 Å². The molecule has 5 heteroatoms. The number of nitrogens with one attached hydrogen (secondary N) is 1. The van der Waals surface area contributed by atoms with Crippen LogP contribution in [0.1, 0.15) is 10.5 Å². The Kier molecular flexibility index (Phi) is 3.39. The Bertz CT molecular complexity index is 688. The monoisotopic (exact) mass is 272 g/mol. The highest BCUT2D eigenvalue weighted by Crippen LogP contribution is 2.17. The maximum atomic E-state index is 11.7. The molecule has 0 aliphatic carbocycles. The molecule has 1 aromatic carbocycles. The van der Waals surface area contributed by atoms with Crippen molar-refractivity contribution in [3.63, 3.8) is 0 Å².